The van der Waals surface area contributed by atoms with Crippen LogP contribution in [0.15, 0.2) is 18.3 Å². The van der Waals surface area contributed by atoms with Gasteiger partial charge in [0, 0.05) is 18.4 Å². The van der Waals surface area contributed by atoms with Crippen molar-refractivity contribution in [2.45, 2.75) is 19.0 Å². The Bertz CT molecular complexity index is 865. The van der Waals surface area contributed by atoms with Gasteiger partial charge in [-0.3, -0.25) is 4.68 Å². The lowest BCUT2D eigenvalue weighted by molar-refractivity contribution is -0.0501. The standard InChI is InChI=1S/C13H13F4N3O4S/c1-8-9(7-18-20(8)5-6-23-2)10-3-4-11(12(14)19-10)24-25(21,22)13(15,16)17/h3-4,7H,5-6H2,1-2H3. The zero-order chi connectivity index (χ0) is 18.8. The molecule has 12 heteroatoms. The van der Waals surface area contributed by atoms with E-state index in [1.165, 1.54) is 13.3 Å². The van der Waals surface area contributed by atoms with Gasteiger partial charge in [0.25, 0.3) is 5.95 Å². The molecule has 2 heterocycles. The number of alkyl halides is 3. The van der Waals surface area contributed by atoms with E-state index in [9.17, 15) is 26.0 Å². The highest BCUT2D eigenvalue weighted by atomic mass is 32.2. The van der Waals surface area contributed by atoms with Crippen LogP contribution >= 0.6 is 0 Å². The smallest absolute Gasteiger partial charge is 0.383 e. The highest BCUT2D eigenvalue weighted by molar-refractivity contribution is 7.88. The second-order valence-electron chi connectivity index (χ2n) is 4.83. The lowest BCUT2D eigenvalue weighted by Crippen LogP contribution is -2.28. The van der Waals surface area contributed by atoms with E-state index in [1.807, 2.05) is 0 Å². The molecule has 2 aromatic rings. The van der Waals surface area contributed by atoms with Crippen molar-refractivity contribution in [2.24, 2.45) is 0 Å². The molecule has 0 radical (unpaired) electrons. The number of halogens is 4. The van der Waals surface area contributed by atoms with Crippen LogP contribution in [0.1, 0.15) is 5.69 Å². The van der Waals surface area contributed by atoms with Crippen molar-refractivity contribution in [3.05, 3.63) is 30.0 Å². The number of rotatable bonds is 6. The summed E-state index contributed by atoms with van der Waals surface area (Å²) in [6.07, 6.45) is 1.40. The molecule has 0 amide bonds. The molecular weight excluding hydrogens is 370 g/mol. The predicted octanol–water partition coefficient (Wildman–Crippen LogP) is 2.27. The maximum atomic E-state index is 13.9. The highest BCUT2D eigenvalue weighted by Crippen LogP contribution is 2.30. The first kappa shape index (κ1) is 19.1. The van der Waals surface area contributed by atoms with Crippen molar-refractivity contribution in [3.8, 4) is 17.0 Å². The highest BCUT2D eigenvalue weighted by Gasteiger charge is 2.49. The molecule has 0 aliphatic rings. The first-order valence-corrected chi connectivity index (χ1v) is 8.16. The lowest BCUT2D eigenvalue weighted by Gasteiger charge is -2.10. The zero-order valence-corrected chi connectivity index (χ0v) is 13.9. The Labute approximate surface area is 140 Å². The van der Waals surface area contributed by atoms with E-state index in [0.717, 1.165) is 12.1 Å². The molecule has 2 aromatic heterocycles. The van der Waals surface area contributed by atoms with Gasteiger partial charge in [0.15, 0.2) is 5.75 Å². The number of hydrogen-bond donors (Lipinski definition) is 0. The van der Waals surface area contributed by atoms with Gasteiger partial charge in [0.2, 0.25) is 0 Å². The summed E-state index contributed by atoms with van der Waals surface area (Å²) < 4.78 is 82.8. The Kier molecular flexibility index (Phi) is 5.32. The minimum absolute atomic E-state index is 0.0652. The fourth-order valence-corrected chi connectivity index (χ4v) is 2.36. The van der Waals surface area contributed by atoms with Crippen molar-refractivity contribution >= 4 is 10.1 Å². The molecule has 0 aliphatic carbocycles. The van der Waals surface area contributed by atoms with Crippen LogP contribution in [0.4, 0.5) is 17.6 Å². The molecule has 0 unspecified atom stereocenters. The third-order valence-corrected chi connectivity index (χ3v) is 4.15. The van der Waals surface area contributed by atoms with E-state index in [-0.39, 0.29) is 5.69 Å². The molecule has 0 atom stereocenters. The number of hydrogen-bond acceptors (Lipinski definition) is 6. The molecule has 2 rings (SSSR count). The summed E-state index contributed by atoms with van der Waals surface area (Å²) in [7, 11) is -4.46. The summed E-state index contributed by atoms with van der Waals surface area (Å²) in [5.74, 6) is -2.64. The average molecular weight is 383 g/mol. The molecular formula is C13H13F4N3O4S. The van der Waals surface area contributed by atoms with Gasteiger partial charge in [-0.15, -0.1) is 0 Å². The normalized spacial score (nSPS) is 12.4. The molecule has 25 heavy (non-hydrogen) atoms. The molecule has 7 nitrogen and oxygen atoms in total. The Balaban J connectivity index is 2.30. The van der Waals surface area contributed by atoms with Crippen LogP contribution in [0, 0.1) is 12.9 Å². The Morgan fingerprint density at radius 3 is 2.52 bits per heavy atom. The first-order valence-electron chi connectivity index (χ1n) is 6.76. The van der Waals surface area contributed by atoms with Crippen molar-refractivity contribution in [1.29, 1.82) is 0 Å². The van der Waals surface area contributed by atoms with Gasteiger partial charge in [0.1, 0.15) is 0 Å². The summed E-state index contributed by atoms with van der Waals surface area (Å²) in [6, 6.07) is 1.89. The SMILES string of the molecule is COCCn1ncc(-c2ccc(OS(=O)(=O)C(F)(F)F)c(F)n2)c1C. The number of nitrogens with zero attached hydrogens (tertiary/aromatic N) is 3. The fraction of sp³-hybridized carbons (Fsp3) is 0.385. The molecule has 138 valence electrons. The van der Waals surface area contributed by atoms with Gasteiger partial charge >= 0.3 is 15.6 Å². The Morgan fingerprint density at radius 1 is 1.28 bits per heavy atom. The number of aromatic nitrogens is 3. The van der Waals surface area contributed by atoms with Crippen LogP contribution in [-0.4, -0.2) is 42.4 Å². The van der Waals surface area contributed by atoms with Crippen molar-refractivity contribution in [2.75, 3.05) is 13.7 Å². The lowest BCUT2D eigenvalue weighted by atomic mass is 10.2. The van der Waals surface area contributed by atoms with Crippen LogP contribution in [0.3, 0.4) is 0 Å². The summed E-state index contributed by atoms with van der Waals surface area (Å²) in [6.45, 7) is 2.53. The average Bonchev–Trinajstić information content (AvgIpc) is 2.87. The van der Waals surface area contributed by atoms with E-state index in [1.54, 1.807) is 11.6 Å². The van der Waals surface area contributed by atoms with Crippen molar-refractivity contribution in [1.82, 2.24) is 14.8 Å². The molecule has 0 saturated carbocycles. The molecule has 0 saturated heterocycles. The largest absolute Gasteiger partial charge is 0.534 e. The van der Waals surface area contributed by atoms with Crippen molar-refractivity contribution < 1.29 is 34.9 Å². The van der Waals surface area contributed by atoms with E-state index in [0.29, 0.717) is 24.4 Å². The van der Waals surface area contributed by atoms with E-state index in [2.05, 4.69) is 14.3 Å². The molecule has 0 spiro atoms. The Hall–Kier alpha value is -2.21. The summed E-state index contributed by atoms with van der Waals surface area (Å²) in [5.41, 5.74) is -4.55. The minimum atomic E-state index is -5.98. The third kappa shape index (κ3) is 4.07. The Morgan fingerprint density at radius 2 is 1.96 bits per heavy atom. The molecule has 0 fully saturated rings. The first-order chi connectivity index (χ1) is 11.6. The fourth-order valence-electron chi connectivity index (χ4n) is 1.90. The predicted molar refractivity (Wildman–Crippen MR) is 77.6 cm³/mol. The number of ether oxygens (including phenoxy) is 1. The zero-order valence-electron chi connectivity index (χ0n) is 13.0. The van der Waals surface area contributed by atoms with Gasteiger partial charge in [-0.2, -0.15) is 31.1 Å². The summed E-state index contributed by atoms with van der Waals surface area (Å²) >= 11 is 0. The molecule has 0 bridgehead atoms. The van der Waals surface area contributed by atoms with Crippen LogP contribution in [-0.2, 0) is 21.4 Å². The van der Waals surface area contributed by atoms with Crippen LogP contribution in [0.25, 0.3) is 11.3 Å². The van der Waals surface area contributed by atoms with E-state index < -0.39 is 27.3 Å². The third-order valence-electron chi connectivity index (χ3n) is 3.18. The molecule has 0 aliphatic heterocycles. The monoisotopic (exact) mass is 383 g/mol. The van der Waals surface area contributed by atoms with Gasteiger partial charge in [-0.25, -0.2) is 4.98 Å². The van der Waals surface area contributed by atoms with Crippen molar-refractivity contribution in [3.63, 3.8) is 0 Å². The number of methoxy groups -OCH3 is 1. The van der Waals surface area contributed by atoms with Gasteiger partial charge in [0.05, 0.1) is 25.0 Å². The summed E-state index contributed by atoms with van der Waals surface area (Å²) in [5, 5.41) is 4.07. The van der Waals surface area contributed by atoms with Crippen LogP contribution < -0.4 is 4.18 Å². The second kappa shape index (κ2) is 6.96. The van der Waals surface area contributed by atoms with Gasteiger partial charge < -0.3 is 8.92 Å². The summed E-state index contributed by atoms with van der Waals surface area (Å²) in [4.78, 5) is 3.46. The molecule has 0 aromatic carbocycles. The number of pyridine rings is 1. The minimum Gasteiger partial charge on any atom is -0.383 e. The van der Waals surface area contributed by atoms with E-state index in [4.69, 9.17) is 4.74 Å². The maximum absolute atomic E-state index is 13.9. The topological polar surface area (TPSA) is 83.3 Å². The second-order valence-corrected chi connectivity index (χ2v) is 6.37. The van der Waals surface area contributed by atoms with Crippen LogP contribution in [0.5, 0.6) is 5.75 Å². The van der Waals surface area contributed by atoms with Gasteiger partial charge in [-0.1, -0.05) is 0 Å². The van der Waals surface area contributed by atoms with Crippen LogP contribution in [0.2, 0.25) is 0 Å². The molecule has 0 N–H and O–H groups in total. The maximum Gasteiger partial charge on any atom is 0.534 e. The van der Waals surface area contributed by atoms with E-state index >= 15 is 0 Å². The van der Waals surface area contributed by atoms with Gasteiger partial charge in [-0.05, 0) is 19.1 Å². The quantitative estimate of drug-likeness (QED) is 0.329.